The minimum absolute atomic E-state index is 0.0130. The van der Waals surface area contributed by atoms with Crippen LogP contribution in [0.2, 0.25) is 5.02 Å². The van der Waals surface area contributed by atoms with Crippen LogP contribution in [0.4, 0.5) is 5.69 Å². The number of anilines is 1. The average Bonchev–Trinajstić information content (AvgIpc) is 2.97. The SMILES string of the molecule is O=C(CN1CCCN(Cc2ccc[nH]2)CC1)Nc1ccccc1Cl. The summed E-state index contributed by atoms with van der Waals surface area (Å²) in [4.78, 5) is 20.1. The number of benzene rings is 1. The third-order valence-electron chi connectivity index (χ3n) is 4.25. The molecule has 0 saturated carbocycles. The minimum Gasteiger partial charge on any atom is -0.364 e. The number of hydrogen-bond acceptors (Lipinski definition) is 3. The minimum atomic E-state index is -0.0130. The number of halogens is 1. The summed E-state index contributed by atoms with van der Waals surface area (Å²) in [5, 5.41) is 3.46. The Morgan fingerprint density at radius 2 is 1.88 bits per heavy atom. The van der Waals surface area contributed by atoms with Crippen LogP contribution in [-0.4, -0.2) is 53.4 Å². The van der Waals surface area contributed by atoms with Gasteiger partial charge in [-0.1, -0.05) is 23.7 Å². The fourth-order valence-electron chi connectivity index (χ4n) is 3.00. The first-order valence-electron chi connectivity index (χ1n) is 8.32. The lowest BCUT2D eigenvalue weighted by molar-refractivity contribution is -0.117. The molecule has 0 radical (unpaired) electrons. The highest BCUT2D eigenvalue weighted by Gasteiger charge is 2.17. The van der Waals surface area contributed by atoms with Gasteiger partial charge in [-0.05, 0) is 43.8 Å². The fourth-order valence-corrected chi connectivity index (χ4v) is 3.19. The van der Waals surface area contributed by atoms with E-state index in [4.69, 9.17) is 11.6 Å². The van der Waals surface area contributed by atoms with Crippen LogP contribution in [0.15, 0.2) is 42.6 Å². The van der Waals surface area contributed by atoms with E-state index in [0.717, 1.165) is 39.1 Å². The zero-order chi connectivity index (χ0) is 16.8. The Balaban J connectivity index is 1.47. The quantitative estimate of drug-likeness (QED) is 0.875. The highest BCUT2D eigenvalue weighted by atomic mass is 35.5. The van der Waals surface area contributed by atoms with E-state index in [1.54, 1.807) is 6.07 Å². The molecule has 0 bridgehead atoms. The summed E-state index contributed by atoms with van der Waals surface area (Å²) in [6, 6.07) is 11.5. The standard InChI is InChI=1S/C18H23ClN4O/c19-16-6-1-2-7-17(16)21-18(24)14-23-10-4-9-22(11-12-23)13-15-5-3-8-20-15/h1-3,5-8,20H,4,9-14H2,(H,21,24). The second kappa shape index (κ2) is 8.33. The zero-order valence-corrected chi connectivity index (χ0v) is 14.4. The Labute approximate surface area is 147 Å². The maximum absolute atomic E-state index is 12.3. The number of hydrogen-bond donors (Lipinski definition) is 2. The molecule has 1 saturated heterocycles. The van der Waals surface area contributed by atoms with E-state index >= 15 is 0 Å². The fraction of sp³-hybridized carbons (Fsp3) is 0.389. The third-order valence-corrected chi connectivity index (χ3v) is 4.58. The van der Waals surface area contributed by atoms with Crippen molar-refractivity contribution in [2.75, 3.05) is 38.0 Å². The molecule has 0 aliphatic carbocycles. The van der Waals surface area contributed by atoms with Gasteiger partial charge in [0, 0.05) is 31.5 Å². The van der Waals surface area contributed by atoms with Crippen molar-refractivity contribution in [3.8, 4) is 0 Å². The van der Waals surface area contributed by atoms with E-state index < -0.39 is 0 Å². The van der Waals surface area contributed by atoms with Crippen LogP contribution in [-0.2, 0) is 11.3 Å². The Kier molecular flexibility index (Phi) is 5.91. The van der Waals surface area contributed by atoms with Crippen LogP contribution in [0.1, 0.15) is 12.1 Å². The lowest BCUT2D eigenvalue weighted by Gasteiger charge is -2.21. The summed E-state index contributed by atoms with van der Waals surface area (Å²) >= 11 is 6.09. The third kappa shape index (κ3) is 4.84. The molecule has 2 heterocycles. The van der Waals surface area contributed by atoms with Gasteiger partial charge in [0.2, 0.25) is 5.91 Å². The van der Waals surface area contributed by atoms with Crippen molar-refractivity contribution in [1.82, 2.24) is 14.8 Å². The topological polar surface area (TPSA) is 51.4 Å². The number of nitrogens with one attached hydrogen (secondary N) is 2. The van der Waals surface area contributed by atoms with Crippen molar-refractivity contribution in [3.63, 3.8) is 0 Å². The summed E-state index contributed by atoms with van der Waals surface area (Å²) in [7, 11) is 0. The first kappa shape index (κ1) is 17.0. The number of amides is 1. The normalized spacial score (nSPS) is 16.7. The van der Waals surface area contributed by atoms with Crippen molar-refractivity contribution < 1.29 is 4.79 Å². The number of carbonyl (C=O) groups excluding carboxylic acids is 1. The molecular formula is C18H23ClN4O. The maximum atomic E-state index is 12.3. The highest BCUT2D eigenvalue weighted by Crippen LogP contribution is 2.20. The van der Waals surface area contributed by atoms with Gasteiger partial charge in [-0.3, -0.25) is 14.6 Å². The number of rotatable bonds is 5. The molecule has 1 aliphatic heterocycles. The predicted molar refractivity (Wildman–Crippen MR) is 97.2 cm³/mol. The molecule has 2 aromatic rings. The number of carbonyl (C=O) groups is 1. The molecular weight excluding hydrogens is 324 g/mol. The van der Waals surface area contributed by atoms with Crippen LogP contribution in [0, 0.1) is 0 Å². The monoisotopic (exact) mass is 346 g/mol. The van der Waals surface area contributed by atoms with Gasteiger partial charge in [0.25, 0.3) is 0 Å². The van der Waals surface area contributed by atoms with Crippen LogP contribution in [0.25, 0.3) is 0 Å². The smallest absolute Gasteiger partial charge is 0.238 e. The molecule has 3 rings (SSSR count). The van der Waals surface area contributed by atoms with Crippen LogP contribution >= 0.6 is 11.6 Å². The largest absolute Gasteiger partial charge is 0.364 e. The Hall–Kier alpha value is -1.82. The molecule has 24 heavy (non-hydrogen) atoms. The number of aromatic nitrogens is 1. The maximum Gasteiger partial charge on any atom is 0.238 e. The van der Waals surface area contributed by atoms with Crippen molar-refractivity contribution in [1.29, 1.82) is 0 Å². The van der Waals surface area contributed by atoms with E-state index in [-0.39, 0.29) is 5.91 Å². The van der Waals surface area contributed by atoms with Crippen LogP contribution < -0.4 is 5.32 Å². The first-order chi connectivity index (χ1) is 11.7. The van der Waals surface area contributed by atoms with Crippen molar-refractivity contribution in [2.24, 2.45) is 0 Å². The van der Waals surface area contributed by atoms with E-state index in [0.29, 0.717) is 17.3 Å². The van der Waals surface area contributed by atoms with E-state index in [9.17, 15) is 4.79 Å². The molecule has 0 spiro atoms. The summed E-state index contributed by atoms with van der Waals surface area (Å²) in [5.74, 6) is -0.0130. The predicted octanol–water partition coefficient (Wildman–Crippen LogP) is 2.81. The summed E-state index contributed by atoms with van der Waals surface area (Å²) in [5.41, 5.74) is 1.91. The molecule has 1 amide bonds. The lowest BCUT2D eigenvalue weighted by Crippen LogP contribution is -2.36. The van der Waals surface area contributed by atoms with Gasteiger partial charge in [-0.25, -0.2) is 0 Å². The Morgan fingerprint density at radius 1 is 1.08 bits per heavy atom. The molecule has 1 aromatic carbocycles. The van der Waals surface area contributed by atoms with Crippen LogP contribution in [0.5, 0.6) is 0 Å². The number of H-pyrrole nitrogens is 1. The van der Waals surface area contributed by atoms with Gasteiger partial charge in [0.05, 0.1) is 17.3 Å². The Bertz CT molecular complexity index is 659. The molecule has 2 N–H and O–H groups in total. The lowest BCUT2D eigenvalue weighted by atomic mass is 10.3. The van der Waals surface area contributed by atoms with Gasteiger partial charge in [0.15, 0.2) is 0 Å². The second-order valence-electron chi connectivity index (χ2n) is 6.13. The number of para-hydroxylation sites is 1. The van der Waals surface area contributed by atoms with Gasteiger partial charge >= 0.3 is 0 Å². The van der Waals surface area contributed by atoms with Crippen molar-refractivity contribution in [2.45, 2.75) is 13.0 Å². The van der Waals surface area contributed by atoms with Crippen molar-refractivity contribution >= 4 is 23.2 Å². The number of nitrogens with zero attached hydrogens (tertiary/aromatic N) is 2. The summed E-state index contributed by atoms with van der Waals surface area (Å²) in [6.45, 7) is 5.21. The van der Waals surface area contributed by atoms with E-state index in [2.05, 4.69) is 26.2 Å². The van der Waals surface area contributed by atoms with E-state index in [1.165, 1.54) is 5.69 Å². The molecule has 1 aromatic heterocycles. The summed E-state index contributed by atoms with van der Waals surface area (Å²) in [6.07, 6.45) is 3.03. The van der Waals surface area contributed by atoms with Gasteiger partial charge < -0.3 is 10.3 Å². The average molecular weight is 347 g/mol. The Morgan fingerprint density at radius 3 is 2.67 bits per heavy atom. The molecule has 6 heteroatoms. The van der Waals surface area contributed by atoms with E-state index in [1.807, 2.05) is 30.5 Å². The molecule has 0 unspecified atom stereocenters. The molecule has 5 nitrogen and oxygen atoms in total. The zero-order valence-electron chi connectivity index (χ0n) is 13.7. The molecule has 128 valence electrons. The highest BCUT2D eigenvalue weighted by molar-refractivity contribution is 6.33. The van der Waals surface area contributed by atoms with Gasteiger partial charge in [0.1, 0.15) is 0 Å². The van der Waals surface area contributed by atoms with Crippen molar-refractivity contribution in [3.05, 3.63) is 53.3 Å². The van der Waals surface area contributed by atoms with Gasteiger partial charge in [-0.2, -0.15) is 0 Å². The molecule has 1 aliphatic rings. The van der Waals surface area contributed by atoms with Gasteiger partial charge in [-0.15, -0.1) is 0 Å². The second-order valence-corrected chi connectivity index (χ2v) is 6.54. The molecule has 0 atom stereocenters. The summed E-state index contributed by atoms with van der Waals surface area (Å²) < 4.78 is 0. The first-order valence-corrected chi connectivity index (χ1v) is 8.70. The molecule has 1 fully saturated rings. The number of aromatic amines is 1. The van der Waals surface area contributed by atoms with Crippen LogP contribution in [0.3, 0.4) is 0 Å².